The van der Waals surface area contributed by atoms with E-state index in [2.05, 4.69) is 5.32 Å². The number of nitrogens with two attached hydrogens (primary N) is 1. The minimum Gasteiger partial charge on any atom is -0.496 e. The van der Waals surface area contributed by atoms with Crippen LogP contribution in [-0.4, -0.2) is 33.8 Å². The van der Waals surface area contributed by atoms with Gasteiger partial charge in [0.1, 0.15) is 22.9 Å². The summed E-state index contributed by atoms with van der Waals surface area (Å²) >= 11 is 0. The number of benzene rings is 1. The molecule has 0 aromatic heterocycles. The van der Waals surface area contributed by atoms with Gasteiger partial charge < -0.3 is 25.3 Å². The van der Waals surface area contributed by atoms with Crippen LogP contribution in [-0.2, 0) is 4.79 Å². The number of carbonyl (C=O) groups is 1. The van der Waals surface area contributed by atoms with Crippen LogP contribution in [0.15, 0.2) is 12.1 Å². The van der Waals surface area contributed by atoms with Crippen LogP contribution in [0.4, 0.5) is 5.69 Å². The monoisotopic (exact) mass is 240 g/mol. The summed E-state index contributed by atoms with van der Waals surface area (Å²) in [6, 6.07) is 3.37. The SMILES string of the molecule is COc1cc(OC)c(NCC(N)=O)c(OC)c1. The minimum atomic E-state index is -0.468. The summed E-state index contributed by atoms with van der Waals surface area (Å²) in [5, 5.41) is 2.85. The van der Waals surface area contributed by atoms with Crippen LogP contribution in [0.2, 0.25) is 0 Å². The quantitative estimate of drug-likeness (QED) is 0.761. The van der Waals surface area contributed by atoms with Crippen LogP contribution in [0.1, 0.15) is 0 Å². The summed E-state index contributed by atoms with van der Waals surface area (Å²) in [6.07, 6.45) is 0. The fourth-order valence-electron chi connectivity index (χ4n) is 1.36. The smallest absolute Gasteiger partial charge is 0.236 e. The van der Waals surface area contributed by atoms with Gasteiger partial charge in [-0.15, -0.1) is 0 Å². The Labute approximate surface area is 99.6 Å². The molecule has 1 aromatic carbocycles. The number of rotatable bonds is 6. The molecule has 0 atom stereocenters. The van der Waals surface area contributed by atoms with Crippen molar-refractivity contribution >= 4 is 11.6 Å². The van der Waals surface area contributed by atoms with Gasteiger partial charge in [0.05, 0.1) is 27.9 Å². The lowest BCUT2D eigenvalue weighted by Crippen LogP contribution is -2.22. The van der Waals surface area contributed by atoms with Crippen molar-refractivity contribution in [1.82, 2.24) is 0 Å². The van der Waals surface area contributed by atoms with E-state index in [1.54, 1.807) is 19.2 Å². The van der Waals surface area contributed by atoms with E-state index in [0.717, 1.165) is 0 Å². The van der Waals surface area contributed by atoms with Crippen LogP contribution in [0, 0.1) is 0 Å². The van der Waals surface area contributed by atoms with E-state index in [4.69, 9.17) is 19.9 Å². The Morgan fingerprint density at radius 3 is 2.06 bits per heavy atom. The molecule has 0 aliphatic rings. The molecule has 94 valence electrons. The van der Waals surface area contributed by atoms with Crippen molar-refractivity contribution in [1.29, 1.82) is 0 Å². The molecule has 1 rings (SSSR count). The number of carbonyl (C=O) groups excluding carboxylic acids is 1. The highest BCUT2D eigenvalue weighted by molar-refractivity contribution is 5.81. The van der Waals surface area contributed by atoms with Gasteiger partial charge in [-0.25, -0.2) is 0 Å². The van der Waals surface area contributed by atoms with Gasteiger partial charge in [-0.2, -0.15) is 0 Å². The first-order valence-corrected chi connectivity index (χ1v) is 4.94. The number of anilines is 1. The van der Waals surface area contributed by atoms with Crippen LogP contribution < -0.4 is 25.3 Å². The highest BCUT2D eigenvalue weighted by atomic mass is 16.5. The Bertz CT molecular complexity index is 381. The molecule has 0 saturated heterocycles. The minimum absolute atomic E-state index is 0.000944. The molecule has 0 spiro atoms. The Hall–Kier alpha value is -2.11. The van der Waals surface area contributed by atoms with E-state index in [9.17, 15) is 4.79 Å². The van der Waals surface area contributed by atoms with E-state index < -0.39 is 5.91 Å². The maximum Gasteiger partial charge on any atom is 0.236 e. The molecular formula is C11H16N2O4. The highest BCUT2D eigenvalue weighted by Gasteiger charge is 2.13. The molecule has 0 heterocycles. The average Bonchev–Trinajstić information content (AvgIpc) is 2.34. The zero-order valence-electron chi connectivity index (χ0n) is 10.1. The van der Waals surface area contributed by atoms with Crippen molar-refractivity contribution in [2.45, 2.75) is 0 Å². The Kier molecular flexibility index (Phi) is 4.45. The lowest BCUT2D eigenvalue weighted by molar-refractivity contribution is -0.116. The van der Waals surface area contributed by atoms with E-state index >= 15 is 0 Å². The molecule has 0 aliphatic carbocycles. The van der Waals surface area contributed by atoms with E-state index in [-0.39, 0.29) is 6.54 Å². The van der Waals surface area contributed by atoms with Gasteiger partial charge in [0.15, 0.2) is 0 Å². The normalized spacial score (nSPS) is 9.59. The first-order chi connectivity index (χ1) is 8.12. The zero-order valence-corrected chi connectivity index (χ0v) is 10.1. The van der Waals surface area contributed by atoms with E-state index in [1.807, 2.05) is 0 Å². The van der Waals surface area contributed by atoms with Gasteiger partial charge in [-0.3, -0.25) is 4.79 Å². The molecule has 0 bridgehead atoms. The van der Waals surface area contributed by atoms with Crippen LogP contribution >= 0.6 is 0 Å². The van der Waals surface area contributed by atoms with Crippen molar-refractivity contribution in [2.24, 2.45) is 5.73 Å². The molecule has 1 amide bonds. The Morgan fingerprint density at radius 2 is 1.71 bits per heavy atom. The van der Waals surface area contributed by atoms with Crippen molar-refractivity contribution in [3.8, 4) is 17.2 Å². The number of methoxy groups -OCH3 is 3. The van der Waals surface area contributed by atoms with E-state index in [0.29, 0.717) is 22.9 Å². The molecule has 0 radical (unpaired) electrons. The maximum absolute atomic E-state index is 10.7. The topological polar surface area (TPSA) is 82.8 Å². The average molecular weight is 240 g/mol. The molecule has 17 heavy (non-hydrogen) atoms. The summed E-state index contributed by atoms with van der Waals surface area (Å²) in [5.74, 6) is 1.16. The number of amides is 1. The standard InChI is InChI=1S/C11H16N2O4/c1-15-7-4-8(16-2)11(9(5-7)17-3)13-6-10(12)14/h4-5,13H,6H2,1-3H3,(H2,12,14). The molecule has 0 fully saturated rings. The largest absolute Gasteiger partial charge is 0.496 e. The third-order valence-corrected chi connectivity index (χ3v) is 2.15. The first-order valence-electron chi connectivity index (χ1n) is 4.94. The predicted molar refractivity (Wildman–Crippen MR) is 63.8 cm³/mol. The summed E-state index contributed by atoms with van der Waals surface area (Å²) in [7, 11) is 4.58. The van der Waals surface area contributed by atoms with Crippen molar-refractivity contribution in [3.05, 3.63) is 12.1 Å². The van der Waals surface area contributed by atoms with Gasteiger partial charge in [0.25, 0.3) is 0 Å². The second-order valence-corrected chi connectivity index (χ2v) is 3.23. The Balaban J connectivity index is 3.10. The number of hydrogen-bond acceptors (Lipinski definition) is 5. The number of ether oxygens (including phenoxy) is 3. The van der Waals surface area contributed by atoms with Crippen LogP contribution in [0.25, 0.3) is 0 Å². The molecule has 0 unspecified atom stereocenters. The van der Waals surface area contributed by atoms with Gasteiger partial charge >= 0.3 is 0 Å². The fraction of sp³-hybridized carbons (Fsp3) is 0.364. The van der Waals surface area contributed by atoms with Gasteiger partial charge in [0.2, 0.25) is 5.91 Å². The number of nitrogens with one attached hydrogen (secondary N) is 1. The zero-order chi connectivity index (χ0) is 12.8. The third-order valence-electron chi connectivity index (χ3n) is 2.15. The molecule has 6 heteroatoms. The van der Waals surface area contributed by atoms with E-state index in [1.165, 1.54) is 14.2 Å². The van der Waals surface area contributed by atoms with Gasteiger partial charge in [-0.05, 0) is 0 Å². The fourth-order valence-corrected chi connectivity index (χ4v) is 1.36. The summed E-state index contributed by atoms with van der Waals surface area (Å²) in [5.41, 5.74) is 5.64. The molecule has 0 saturated carbocycles. The van der Waals surface area contributed by atoms with Gasteiger partial charge in [-0.1, -0.05) is 0 Å². The second kappa shape index (κ2) is 5.83. The molecule has 1 aromatic rings. The van der Waals surface area contributed by atoms with Gasteiger partial charge in [0, 0.05) is 12.1 Å². The number of primary amides is 1. The molecule has 0 aliphatic heterocycles. The molecular weight excluding hydrogens is 224 g/mol. The Morgan fingerprint density at radius 1 is 1.18 bits per heavy atom. The summed E-state index contributed by atoms with van der Waals surface area (Å²) in [6.45, 7) is -0.000944. The predicted octanol–water partition coefficient (Wildman–Crippen LogP) is 0.610. The van der Waals surface area contributed by atoms with Crippen LogP contribution in [0.3, 0.4) is 0 Å². The third kappa shape index (κ3) is 3.17. The number of hydrogen-bond donors (Lipinski definition) is 2. The van der Waals surface area contributed by atoms with Crippen molar-refractivity contribution in [3.63, 3.8) is 0 Å². The maximum atomic E-state index is 10.7. The van der Waals surface area contributed by atoms with Crippen LogP contribution in [0.5, 0.6) is 17.2 Å². The second-order valence-electron chi connectivity index (χ2n) is 3.23. The van der Waals surface area contributed by atoms with Crippen molar-refractivity contribution in [2.75, 3.05) is 33.2 Å². The lowest BCUT2D eigenvalue weighted by Gasteiger charge is -2.15. The summed E-state index contributed by atoms with van der Waals surface area (Å²) < 4.78 is 15.5. The summed E-state index contributed by atoms with van der Waals surface area (Å²) in [4.78, 5) is 10.7. The lowest BCUT2D eigenvalue weighted by atomic mass is 10.2. The first kappa shape index (κ1) is 13.0. The molecule has 6 nitrogen and oxygen atoms in total. The van der Waals surface area contributed by atoms with Crippen molar-refractivity contribution < 1.29 is 19.0 Å². The molecule has 3 N–H and O–H groups in total. The highest BCUT2D eigenvalue weighted by Crippen LogP contribution is 2.38.